The number of phosphoric acid groups is 1. The van der Waals surface area contributed by atoms with E-state index in [4.69, 9.17) is 9.05 Å². The first kappa shape index (κ1) is 45.5. The summed E-state index contributed by atoms with van der Waals surface area (Å²) in [6.07, 6.45) is 35.6. The van der Waals surface area contributed by atoms with Crippen LogP contribution in [-0.4, -0.2) is 68.5 Å². The summed E-state index contributed by atoms with van der Waals surface area (Å²) < 4.78 is 23.1. The van der Waals surface area contributed by atoms with Crippen molar-refractivity contribution in [2.75, 3.05) is 40.9 Å². The molecule has 0 saturated heterocycles. The molecule has 0 saturated carbocycles. The Morgan fingerprint density at radius 1 is 0.766 bits per heavy atom. The van der Waals surface area contributed by atoms with Crippen LogP contribution in [0.4, 0.5) is 0 Å². The number of phosphoric ester groups is 1. The van der Waals surface area contributed by atoms with Gasteiger partial charge in [0.2, 0.25) is 5.91 Å². The van der Waals surface area contributed by atoms with E-state index in [0.717, 1.165) is 44.9 Å². The molecule has 2 N–H and O–H groups in total. The lowest BCUT2D eigenvalue weighted by Gasteiger charge is -2.30. The summed E-state index contributed by atoms with van der Waals surface area (Å²) >= 11 is 0. The molecule has 47 heavy (non-hydrogen) atoms. The maximum absolute atomic E-state index is 12.7. The Kier molecular flexibility index (Phi) is 29.5. The van der Waals surface area contributed by atoms with Crippen molar-refractivity contribution in [2.24, 2.45) is 0 Å². The highest BCUT2D eigenvalue weighted by Crippen LogP contribution is 2.38. The predicted octanol–water partition coefficient (Wildman–Crippen LogP) is 8.72. The van der Waals surface area contributed by atoms with E-state index in [-0.39, 0.29) is 25.5 Å². The van der Waals surface area contributed by atoms with E-state index in [1.54, 1.807) is 0 Å². The molecule has 1 amide bonds. The zero-order valence-corrected chi connectivity index (χ0v) is 31.6. The topological polar surface area (TPSA) is 108 Å². The van der Waals surface area contributed by atoms with Crippen molar-refractivity contribution in [3.63, 3.8) is 0 Å². The second-order valence-electron chi connectivity index (χ2n) is 13.5. The van der Waals surface area contributed by atoms with Gasteiger partial charge >= 0.3 is 0 Å². The van der Waals surface area contributed by atoms with Gasteiger partial charge in [-0.3, -0.25) is 9.36 Å². The number of hydrogen-bond donors (Lipinski definition) is 2. The third-order valence-corrected chi connectivity index (χ3v) is 8.81. The van der Waals surface area contributed by atoms with E-state index in [1.165, 1.54) is 57.8 Å². The van der Waals surface area contributed by atoms with Crippen molar-refractivity contribution in [1.29, 1.82) is 0 Å². The molecule has 0 spiro atoms. The van der Waals surface area contributed by atoms with Crippen LogP contribution in [0.15, 0.2) is 48.6 Å². The SMILES string of the molecule is CC/C=C\C/C=C\C/C=C\C/C=C\CCC(=O)NC(COP(=O)([O-])OCC[N+](C)(C)C)C(O)CCCCCCCCCCCCCC. The van der Waals surface area contributed by atoms with Gasteiger partial charge in [0.1, 0.15) is 13.2 Å². The van der Waals surface area contributed by atoms with Crippen LogP contribution in [0.3, 0.4) is 0 Å². The Balaban J connectivity index is 4.63. The molecule has 8 nitrogen and oxygen atoms in total. The van der Waals surface area contributed by atoms with E-state index < -0.39 is 20.0 Å². The Morgan fingerprint density at radius 3 is 1.77 bits per heavy atom. The number of aliphatic hydroxyl groups is 1. The van der Waals surface area contributed by atoms with E-state index in [0.29, 0.717) is 23.9 Å². The Labute approximate surface area is 289 Å². The standard InChI is InChI=1S/C38H71N2O6P/c1-6-8-10-12-14-16-18-20-22-24-26-28-30-32-38(42)39-36(35-46-47(43,44)45-34-33-40(3,4)5)37(41)31-29-27-25-23-21-19-17-15-13-11-9-7-2/h8,10,14,16,20,22,26,28,36-37,41H,6-7,9,11-13,15,17-19,21,23-25,27,29-35H2,1-5H3,(H-,39,42,43,44)/b10-8-,16-14-,22-20-,28-26-. The van der Waals surface area contributed by atoms with Crippen LogP contribution in [0, 0.1) is 0 Å². The fraction of sp³-hybridized carbons (Fsp3) is 0.763. The fourth-order valence-corrected chi connectivity index (χ4v) is 5.59. The number of carbonyl (C=O) groups excluding carboxylic acids is 1. The van der Waals surface area contributed by atoms with Crippen LogP contribution in [0.2, 0.25) is 0 Å². The van der Waals surface area contributed by atoms with Gasteiger partial charge in [-0.1, -0.05) is 140 Å². The largest absolute Gasteiger partial charge is 0.756 e. The lowest BCUT2D eigenvalue weighted by Crippen LogP contribution is -2.46. The Bertz CT molecular complexity index is 912. The highest BCUT2D eigenvalue weighted by atomic mass is 31.2. The minimum Gasteiger partial charge on any atom is -0.756 e. The molecule has 0 radical (unpaired) electrons. The summed E-state index contributed by atoms with van der Waals surface area (Å²) in [5.74, 6) is -0.249. The molecule has 0 aliphatic rings. The van der Waals surface area contributed by atoms with Crippen LogP contribution in [0.5, 0.6) is 0 Å². The minimum absolute atomic E-state index is 0.00240. The predicted molar refractivity (Wildman–Crippen MR) is 196 cm³/mol. The lowest BCUT2D eigenvalue weighted by atomic mass is 10.0. The molecule has 0 heterocycles. The summed E-state index contributed by atoms with van der Waals surface area (Å²) in [6, 6.07) is -0.836. The smallest absolute Gasteiger partial charge is 0.268 e. The highest BCUT2D eigenvalue weighted by molar-refractivity contribution is 7.45. The van der Waals surface area contributed by atoms with Gasteiger partial charge in [0.05, 0.1) is 39.9 Å². The first-order valence-electron chi connectivity index (χ1n) is 18.5. The number of unbranched alkanes of at least 4 members (excludes halogenated alkanes) is 11. The van der Waals surface area contributed by atoms with Crippen LogP contribution in [-0.2, 0) is 18.4 Å². The van der Waals surface area contributed by atoms with Crippen LogP contribution in [0.1, 0.15) is 136 Å². The van der Waals surface area contributed by atoms with Crippen molar-refractivity contribution in [3.8, 4) is 0 Å². The number of aliphatic hydroxyl groups excluding tert-OH is 1. The highest BCUT2D eigenvalue weighted by Gasteiger charge is 2.24. The number of nitrogens with zero attached hydrogens (tertiary/aromatic N) is 1. The monoisotopic (exact) mass is 683 g/mol. The van der Waals surface area contributed by atoms with Crippen LogP contribution in [0.25, 0.3) is 0 Å². The van der Waals surface area contributed by atoms with Gasteiger partial charge in [-0.2, -0.15) is 0 Å². The van der Waals surface area contributed by atoms with E-state index in [2.05, 4.69) is 55.6 Å². The van der Waals surface area contributed by atoms with Gasteiger partial charge in [-0.25, -0.2) is 0 Å². The average molecular weight is 683 g/mol. The second-order valence-corrected chi connectivity index (χ2v) is 15.0. The van der Waals surface area contributed by atoms with Gasteiger partial charge in [0.25, 0.3) is 7.82 Å². The van der Waals surface area contributed by atoms with E-state index in [1.807, 2.05) is 33.3 Å². The molecule has 0 aliphatic carbocycles. The maximum atomic E-state index is 12.7. The van der Waals surface area contributed by atoms with E-state index in [9.17, 15) is 19.4 Å². The Morgan fingerprint density at radius 2 is 1.26 bits per heavy atom. The zero-order valence-electron chi connectivity index (χ0n) is 30.7. The van der Waals surface area contributed by atoms with Crippen LogP contribution < -0.4 is 10.2 Å². The molecule has 0 aromatic rings. The molecular weight excluding hydrogens is 611 g/mol. The zero-order chi connectivity index (χ0) is 35.1. The number of quaternary nitrogens is 1. The number of rotatable bonds is 32. The van der Waals surface area contributed by atoms with Gasteiger partial charge in [0.15, 0.2) is 0 Å². The molecule has 0 aliphatic heterocycles. The van der Waals surface area contributed by atoms with Gasteiger partial charge in [0, 0.05) is 6.42 Å². The van der Waals surface area contributed by atoms with Crippen molar-refractivity contribution in [2.45, 2.75) is 148 Å². The van der Waals surface area contributed by atoms with Crippen molar-refractivity contribution in [1.82, 2.24) is 5.32 Å². The second kappa shape index (κ2) is 30.5. The summed E-state index contributed by atoms with van der Waals surface area (Å²) in [4.78, 5) is 25.1. The molecular formula is C38H71N2O6P. The van der Waals surface area contributed by atoms with Crippen molar-refractivity contribution >= 4 is 13.7 Å². The third-order valence-electron chi connectivity index (χ3n) is 7.84. The molecule has 0 aromatic carbocycles. The number of nitrogens with one attached hydrogen (secondary N) is 1. The summed E-state index contributed by atoms with van der Waals surface area (Å²) in [5, 5.41) is 13.7. The molecule has 0 fully saturated rings. The number of hydrogen-bond acceptors (Lipinski definition) is 6. The molecule has 3 unspecified atom stereocenters. The maximum Gasteiger partial charge on any atom is 0.268 e. The van der Waals surface area contributed by atoms with E-state index >= 15 is 0 Å². The first-order chi connectivity index (χ1) is 22.5. The number of amides is 1. The van der Waals surface area contributed by atoms with Crippen molar-refractivity contribution < 1.29 is 32.9 Å². The molecule has 0 rings (SSSR count). The molecule has 9 heteroatoms. The molecule has 0 bridgehead atoms. The van der Waals surface area contributed by atoms with Gasteiger partial charge in [-0.05, 0) is 38.5 Å². The average Bonchev–Trinajstić information content (AvgIpc) is 3.01. The number of allylic oxidation sites excluding steroid dienone is 8. The quantitative estimate of drug-likeness (QED) is 0.0318. The fourth-order valence-electron chi connectivity index (χ4n) is 4.87. The normalized spacial score (nSPS) is 15.3. The Hall–Kier alpha value is -1.54. The first-order valence-corrected chi connectivity index (χ1v) is 19.9. The molecule has 3 atom stereocenters. The van der Waals surface area contributed by atoms with Crippen molar-refractivity contribution in [3.05, 3.63) is 48.6 Å². The third kappa shape index (κ3) is 32.8. The number of carbonyl (C=O) groups is 1. The lowest BCUT2D eigenvalue weighted by molar-refractivity contribution is -0.870. The number of likely N-dealkylation sites (N-methyl/N-ethyl adjacent to an activating group) is 1. The minimum atomic E-state index is -4.57. The summed E-state index contributed by atoms with van der Waals surface area (Å²) in [6.45, 7) is 4.50. The molecule has 274 valence electrons. The molecule has 0 aromatic heterocycles. The van der Waals surface area contributed by atoms with Gasteiger partial charge < -0.3 is 28.8 Å². The summed E-state index contributed by atoms with van der Waals surface area (Å²) in [7, 11) is 1.25. The van der Waals surface area contributed by atoms with Crippen LogP contribution >= 0.6 is 7.82 Å². The summed E-state index contributed by atoms with van der Waals surface area (Å²) in [5.41, 5.74) is 0. The van der Waals surface area contributed by atoms with Gasteiger partial charge in [-0.15, -0.1) is 0 Å².